The number of carbonyl (C=O) groups is 1. The summed E-state index contributed by atoms with van der Waals surface area (Å²) in [5.74, 6) is 1.06. The van der Waals surface area contributed by atoms with E-state index in [4.69, 9.17) is 0 Å². The van der Waals surface area contributed by atoms with Gasteiger partial charge in [-0.15, -0.1) is 35.3 Å². The number of rotatable bonds is 5. The van der Waals surface area contributed by atoms with Gasteiger partial charge in [-0.05, 0) is 37.5 Å². The molecule has 1 aliphatic rings. The number of hydrogen-bond acceptors (Lipinski definition) is 4. The van der Waals surface area contributed by atoms with Crippen molar-refractivity contribution in [3.05, 3.63) is 45.9 Å². The Balaban J connectivity index is 0.00000280. The van der Waals surface area contributed by atoms with Gasteiger partial charge in [0.1, 0.15) is 0 Å². The maximum Gasteiger partial charge on any atom is 0.226 e. The van der Waals surface area contributed by atoms with E-state index in [-0.39, 0.29) is 29.9 Å². The van der Waals surface area contributed by atoms with Crippen molar-refractivity contribution in [1.82, 2.24) is 15.2 Å². The minimum atomic E-state index is 0. The topological polar surface area (TPSA) is 60.8 Å². The molecule has 1 aromatic heterocycles. The van der Waals surface area contributed by atoms with Crippen molar-refractivity contribution in [2.24, 2.45) is 4.99 Å². The highest BCUT2D eigenvalue weighted by atomic mass is 127. The van der Waals surface area contributed by atoms with Gasteiger partial charge in [0.05, 0.1) is 17.2 Å². The van der Waals surface area contributed by atoms with Crippen molar-refractivity contribution >= 4 is 52.9 Å². The van der Waals surface area contributed by atoms with Gasteiger partial charge in [0.2, 0.25) is 5.91 Å². The molecule has 1 aliphatic heterocycles. The zero-order valence-electron chi connectivity index (χ0n) is 16.6. The summed E-state index contributed by atoms with van der Waals surface area (Å²) in [7, 11) is 3.80. The first-order chi connectivity index (χ1) is 13.1. The highest BCUT2D eigenvalue weighted by molar-refractivity contribution is 14.0. The van der Waals surface area contributed by atoms with Crippen LogP contribution in [0.2, 0.25) is 0 Å². The third-order valence-corrected chi connectivity index (χ3v) is 5.48. The molecule has 8 heteroatoms. The molecule has 0 unspecified atom stereocenters. The lowest BCUT2D eigenvalue weighted by Gasteiger charge is -2.27. The summed E-state index contributed by atoms with van der Waals surface area (Å²) in [4.78, 5) is 24.9. The van der Waals surface area contributed by atoms with Crippen molar-refractivity contribution in [3.8, 4) is 0 Å². The maximum absolute atomic E-state index is 12.0. The number of hydrogen-bond donors (Lipinski definition) is 1. The molecule has 1 fully saturated rings. The fraction of sp³-hybridized carbons (Fsp3) is 0.450. The summed E-state index contributed by atoms with van der Waals surface area (Å²) in [5, 5.41) is 6.55. The Morgan fingerprint density at radius 2 is 2.07 bits per heavy atom. The van der Waals surface area contributed by atoms with E-state index in [9.17, 15) is 4.79 Å². The number of anilines is 1. The summed E-state index contributed by atoms with van der Waals surface area (Å²) in [5.41, 5.74) is 3.20. The Morgan fingerprint density at radius 1 is 1.32 bits per heavy atom. The molecule has 0 aliphatic carbocycles. The standard InChI is InChI=1S/C20H27N5OS.HI/c1-15-23-17(14-27-15)13-24(3)20(21-2)22-12-16-7-9-18(10-8-16)25-11-5-4-6-19(25)26;/h7-10,14H,4-6,11-13H2,1-3H3,(H,21,22);1H. The number of piperidine rings is 1. The Hall–Kier alpha value is -1.68. The second-order valence-electron chi connectivity index (χ2n) is 6.78. The van der Waals surface area contributed by atoms with Crippen LogP contribution in [0.4, 0.5) is 5.69 Å². The zero-order chi connectivity index (χ0) is 19.2. The van der Waals surface area contributed by atoms with Gasteiger partial charge in [-0.3, -0.25) is 9.79 Å². The highest BCUT2D eigenvalue weighted by Crippen LogP contribution is 2.21. The number of nitrogens with zero attached hydrogens (tertiary/aromatic N) is 4. The molecule has 6 nitrogen and oxygen atoms in total. The number of halogens is 1. The second-order valence-corrected chi connectivity index (χ2v) is 7.85. The maximum atomic E-state index is 12.0. The van der Waals surface area contributed by atoms with Crippen LogP contribution in [0.3, 0.4) is 0 Å². The molecule has 1 saturated heterocycles. The highest BCUT2D eigenvalue weighted by Gasteiger charge is 2.19. The van der Waals surface area contributed by atoms with E-state index in [1.165, 1.54) is 0 Å². The molecule has 1 N–H and O–H groups in total. The van der Waals surface area contributed by atoms with E-state index in [1.54, 1.807) is 18.4 Å². The van der Waals surface area contributed by atoms with Gasteiger partial charge >= 0.3 is 0 Å². The number of aromatic nitrogens is 1. The first-order valence-corrected chi connectivity index (χ1v) is 10.2. The van der Waals surface area contributed by atoms with Gasteiger partial charge in [-0.25, -0.2) is 4.98 Å². The summed E-state index contributed by atoms with van der Waals surface area (Å²) in [6.07, 6.45) is 2.74. The number of thiazole rings is 1. The predicted molar refractivity (Wildman–Crippen MR) is 127 cm³/mol. The third kappa shape index (κ3) is 5.91. The summed E-state index contributed by atoms with van der Waals surface area (Å²) < 4.78 is 0. The molecule has 28 heavy (non-hydrogen) atoms. The fourth-order valence-corrected chi connectivity index (χ4v) is 3.84. The molecule has 1 aromatic carbocycles. The van der Waals surface area contributed by atoms with E-state index in [1.807, 2.05) is 31.0 Å². The first kappa shape index (κ1) is 22.6. The molecular weight excluding hydrogens is 485 g/mol. The first-order valence-electron chi connectivity index (χ1n) is 9.29. The number of aliphatic imine (C=N–C) groups is 1. The van der Waals surface area contributed by atoms with Gasteiger partial charge in [-0.1, -0.05) is 12.1 Å². The molecule has 0 atom stereocenters. The smallest absolute Gasteiger partial charge is 0.226 e. The van der Waals surface area contributed by atoms with Crippen LogP contribution in [0, 0.1) is 6.92 Å². The molecule has 2 aromatic rings. The van der Waals surface area contributed by atoms with Crippen molar-refractivity contribution < 1.29 is 4.79 Å². The van der Waals surface area contributed by atoms with Gasteiger partial charge in [0, 0.05) is 44.7 Å². The fourth-order valence-electron chi connectivity index (χ4n) is 3.24. The number of carbonyl (C=O) groups excluding carboxylic acids is 1. The molecule has 0 spiro atoms. The zero-order valence-corrected chi connectivity index (χ0v) is 19.8. The van der Waals surface area contributed by atoms with Crippen molar-refractivity contribution in [3.63, 3.8) is 0 Å². The van der Waals surface area contributed by atoms with Gasteiger partial charge < -0.3 is 15.1 Å². The Labute approximate surface area is 188 Å². The molecular formula is C20H28IN5OS. The monoisotopic (exact) mass is 513 g/mol. The molecule has 0 radical (unpaired) electrons. The summed E-state index contributed by atoms with van der Waals surface area (Å²) in [6, 6.07) is 8.21. The van der Waals surface area contributed by atoms with Gasteiger partial charge in [0.25, 0.3) is 0 Å². The van der Waals surface area contributed by atoms with Crippen LogP contribution >= 0.6 is 35.3 Å². The largest absolute Gasteiger partial charge is 0.352 e. The van der Waals surface area contributed by atoms with E-state index in [2.05, 4.69) is 37.7 Å². The minimum Gasteiger partial charge on any atom is -0.352 e. The number of amides is 1. The second kappa shape index (κ2) is 10.8. The molecule has 2 heterocycles. The van der Waals surface area contributed by atoms with Gasteiger partial charge in [0.15, 0.2) is 5.96 Å². The lowest BCUT2D eigenvalue weighted by molar-refractivity contribution is -0.119. The van der Waals surface area contributed by atoms with Crippen LogP contribution in [0.25, 0.3) is 0 Å². The quantitative estimate of drug-likeness (QED) is 0.376. The lowest BCUT2D eigenvalue weighted by Crippen LogP contribution is -2.38. The summed E-state index contributed by atoms with van der Waals surface area (Å²) in [6.45, 7) is 4.24. The van der Waals surface area contributed by atoms with Crippen LogP contribution in [-0.4, -0.2) is 42.4 Å². The normalized spacial score (nSPS) is 14.6. The Bertz CT molecular complexity index is 805. The van der Waals surface area contributed by atoms with Crippen molar-refractivity contribution in [1.29, 1.82) is 0 Å². The predicted octanol–water partition coefficient (Wildman–Crippen LogP) is 3.79. The van der Waals surface area contributed by atoms with Crippen molar-refractivity contribution in [2.75, 3.05) is 25.5 Å². The average molecular weight is 513 g/mol. The Morgan fingerprint density at radius 3 is 2.68 bits per heavy atom. The molecule has 1 amide bonds. The Kier molecular flexibility index (Phi) is 8.68. The number of nitrogens with one attached hydrogen (secondary N) is 1. The van der Waals surface area contributed by atoms with E-state index < -0.39 is 0 Å². The van der Waals surface area contributed by atoms with Crippen LogP contribution in [0.1, 0.15) is 35.5 Å². The third-order valence-electron chi connectivity index (χ3n) is 4.66. The average Bonchev–Trinajstić information content (AvgIpc) is 3.08. The van der Waals surface area contributed by atoms with Crippen molar-refractivity contribution in [2.45, 2.75) is 39.3 Å². The summed E-state index contributed by atoms with van der Waals surface area (Å²) >= 11 is 1.66. The lowest BCUT2D eigenvalue weighted by atomic mass is 10.1. The minimum absolute atomic E-state index is 0. The SMILES string of the molecule is CN=C(NCc1ccc(N2CCCCC2=O)cc1)N(C)Cc1csc(C)n1.I. The van der Waals surface area contributed by atoms with Crippen LogP contribution in [-0.2, 0) is 17.9 Å². The van der Waals surface area contributed by atoms with Crippen LogP contribution in [0.5, 0.6) is 0 Å². The van der Waals surface area contributed by atoms with E-state index in [0.717, 1.165) is 53.8 Å². The molecule has 0 saturated carbocycles. The molecule has 3 rings (SSSR count). The number of guanidine groups is 1. The van der Waals surface area contributed by atoms with E-state index >= 15 is 0 Å². The van der Waals surface area contributed by atoms with Crippen LogP contribution < -0.4 is 10.2 Å². The number of benzene rings is 1. The van der Waals surface area contributed by atoms with E-state index in [0.29, 0.717) is 13.0 Å². The van der Waals surface area contributed by atoms with Crippen LogP contribution in [0.15, 0.2) is 34.6 Å². The van der Waals surface area contributed by atoms with Gasteiger partial charge in [-0.2, -0.15) is 0 Å². The molecule has 152 valence electrons. The molecule has 0 bridgehead atoms. The number of aryl methyl sites for hydroxylation is 1.